The fourth-order valence-electron chi connectivity index (χ4n) is 3.98. The monoisotopic (exact) mass is 471 g/mol. The SMILES string of the molecule is CN(C(=O)OC(C)(C)C)[C@H](CO[Si](c1ccccc1)(c1ccccc1)C(C)(C)C)CC(=O)O. The second-order valence-corrected chi connectivity index (χ2v) is 14.6. The average Bonchev–Trinajstić information content (AvgIpc) is 2.72. The highest BCUT2D eigenvalue weighted by Gasteiger charge is 2.50. The lowest BCUT2D eigenvalue weighted by atomic mass is 10.2. The molecule has 0 radical (unpaired) electrons. The molecule has 1 atom stereocenters. The number of likely N-dealkylation sites (N-methyl/N-ethyl adjacent to an activating group) is 1. The minimum Gasteiger partial charge on any atom is -0.481 e. The highest BCUT2D eigenvalue weighted by molar-refractivity contribution is 6.99. The van der Waals surface area contributed by atoms with Gasteiger partial charge >= 0.3 is 12.1 Å². The third kappa shape index (κ3) is 6.68. The maximum atomic E-state index is 12.7. The van der Waals surface area contributed by atoms with Crippen LogP contribution in [0, 0.1) is 0 Å². The molecule has 2 rings (SSSR count). The van der Waals surface area contributed by atoms with Crippen LogP contribution >= 0.6 is 0 Å². The number of rotatable bonds is 8. The van der Waals surface area contributed by atoms with Gasteiger partial charge in [-0.05, 0) is 36.2 Å². The summed E-state index contributed by atoms with van der Waals surface area (Å²) >= 11 is 0. The average molecular weight is 472 g/mol. The van der Waals surface area contributed by atoms with E-state index in [0.717, 1.165) is 10.4 Å². The Bertz CT molecular complexity index is 880. The second kappa shape index (κ2) is 10.5. The predicted octanol–water partition coefficient (Wildman–Crippen LogP) is 4.27. The number of amides is 1. The Hall–Kier alpha value is -2.64. The molecule has 0 heterocycles. The summed E-state index contributed by atoms with van der Waals surface area (Å²) in [7, 11) is -1.30. The van der Waals surface area contributed by atoms with Crippen molar-refractivity contribution in [3.63, 3.8) is 0 Å². The van der Waals surface area contributed by atoms with Crippen molar-refractivity contribution in [2.24, 2.45) is 0 Å². The highest BCUT2D eigenvalue weighted by atomic mass is 28.4. The molecule has 0 aliphatic rings. The summed E-state index contributed by atoms with van der Waals surface area (Å²) < 4.78 is 12.3. The number of carbonyl (C=O) groups excluding carboxylic acids is 1. The predicted molar refractivity (Wildman–Crippen MR) is 134 cm³/mol. The van der Waals surface area contributed by atoms with E-state index in [-0.39, 0.29) is 18.1 Å². The quantitative estimate of drug-likeness (QED) is 0.582. The van der Waals surface area contributed by atoms with E-state index < -0.39 is 32.0 Å². The Balaban J connectivity index is 2.50. The van der Waals surface area contributed by atoms with Crippen LogP contribution in [0.4, 0.5) is 4.79 Å². The van der Waals surface area contributed by atoms with Crippen molar-refractivity contribution in [3.05, 3.63) is 60.7 Å². The van der Waals surface area contributed by atoms with E-state index in [2.05, 4.69) is 45.0 Å². The van der Waals surface area contributed by atoms with Crippen molar-refractivity contribution in [2.75, 3.05) is 13.7 Å². The lowest BCUT2D eigenvalue weighted by Gasteiger charge is -2.44. The molecular weight excluding hydrogens is 434 g/mol. The van der Waals surface area contributed by atoms with Crippen LogP contribution in [0.1, 0.15) is 48.0 Å². The van der Waals surface area contributed by atoms with Crippen LogP contribution in [-0.4, -0.2) is 55.7 Å². The van der Waals surface area contributed by atoms with Gasteiger partial charge in [0, 0.05) is 7.05 Å². The number of carboxylic acids is 1. The van der Waals surface area contributed by atoms with E-state index in [9.17, 15) is 14.7 Å². The highest BCUT2D eigenvalue weighted by Crippen LogP contribution is 2.37. The van der Waals surface area contributed by atoms with Gasteiger partial charge in [0.15, 0.2) is 0 Å². The largest absolute Gasteiger partial charge is 0.481 e. The fraction of sp³-hybridized carbons (Fsp3) is 0.462. The normalized spacial score (nSPS) is 13.3. The number of carbonyl (C=O) groups is 2. The van der Waals surface area contributed by atoms with Crippen LogP contribution in [0.25, 0.3) is 0 Å². The van der Waals surface area contributed by atoms with E-state index >= 15 is 0 Å². The van der Waals surface area contributed by atoms with Crippen LogP contribution in [0.15, 0.2) is 60.7 Å². The lowest BCUT2D eigenvalue weighted by Crippen LogP contribution is -2.67. The van der Waals surface area contributed by atoms with Gasteiger partial charge in [-0.3, -0.25) is 4.79 Å². The zero-order valence-electron chi connectivity index (χ0n) is 20.8. The van der Waals surface area contributed by atoms with E-state index in [0.29, 0.717) is 0 Å². The zero-order valence-corrected chi connectivity index (χ0v) is 21.8. The zero-order chi connectivity index (χ0) is 24.9. The number of hydrogen-bond donors (Lipinski definition) is 1. The number of nitrogens with zero attached hydrogens (tertiary/aromatic N) is 1. The summed E-state index contributed by atoms with van der Waals surface area (Å²) in [6.45, 7) is 11.9. The van der Waals surface area contributed by atoms with Gasteiger partial charge in [-0.15, -0.1) is 0 Å². The Morgan fingerprint density at radius 3 is 1.73 bits per heavy atom. The summed E-state index contributed by atoms with van der Waals surface area (Å²) in [6, 6.07) is 19.6. The first kappa shape index (κ1) is 26.6. The first-order valence-electron chi connectivity index (χ1n) is 11.2. The molecule has 180 valence electrons. The van der Waals surface area contributed by atoms with E-state index in [4.69, 9.17) is 9.16 Å². The van der Waals surface area contributed by atoms with Gasteiger partial charge in [0.2, 0.25) is 0 Å². The molecule has 6 nitrogen and oxygen atoms in total. The molecular formula is C26H37NO5Si. The summed E-state index contributed by atoms with van der Waals surface area (Å²) in [5.41, 5.74) is -0.683. The summed E-state index contributed by atoms with van der Waals surface area (Å²) in [6.07, 6.45) is -0.812. The molecule has 0 bridgehead atoms. The fourth-order valence-corrected chi connectivity index (χ4v) is 8.57. The number of benzene rings is 2. The molecule has 0 spiro atoms. The van der Waals surface area contributed by atoms with Crippen molar-refractivity contribution in [1.29, 1.82) is 0 Å². The summed E-state index contributed by atoms with van der Waals surface area (Å²) in [5, 5.41) is 11.5. The molecule has 7 heteroatoms. The van der Waals surface area contributed by atoms with E-state index in [1.165, 1.54) is 4.90 Å². The third-order valence-corrected chi connectivity index (χ3v) is 10.6. The van der Waals surface area contributed by atoms with Crippen LogP contribution < -0.4 is 10.4 Å². The molecule has 33 heavy (non-hydrogen) atoms. The first-order valence-corrected chi connectivity index (χ1v) is 13.1. The molecule has 1 amide bonds. The molecule has 0 aliphatic heterocycles. The van der Waals surface area contributed by atoms with E-state index in [1.807, 2.05) is 36.4 Å². The van der Waals surface area contributed by atoms with Gasteiger partial charge in [0.1, 0.15) is 5.60 Å². The minimum absolute atomic E-state index is 0.0787. The van der Waals surface area contributed by atoms with Gasteiger partial charge in [-0.25, -0.2) is 4.79 Å². The Labute approximate surface area is 198 Å². The van der Waals surface area contributed by atoms with E-state index in [1.54, 1.807) is 27.8 Å². The Morgan fingerprint density at radius 2 is 1.36 bits per heavy atom. The van der Waals surface area contributed by atoms with Crippen molar-refractivity contribution >= 4 is 30.8 Å². The lowest BCUT2D eigenvalue weighted by molar-refractivity contribution is -0.138. The van der Waals surface area contributed by atoms with Crippen molar-refractivity contribution in [2.45, 2.75) is 64.6 Å². The maximum Gasteiger partial charge on any atom is 0.410 e. The van der Waals surface area contributed by atoms with Gasteiger partial charge in [-0.1, -0.05) is 81.4 Å². The molecule has 0 fully saturated rings. The van der Waals surface area contributed by atoms with Gasteiger partial charge in [-0.2, -0.15) is 0 Å². The van der Waals surface area contributed by atoms with Crippen LogP contribution in [0.2, 0.25) is 5.04 Å². The number of aliphatic carboxylic acids is 1. The van der Waals surface area contributed by atoms with Crippen molar-refractivity contribution in [3.8, 4) is 0 Å². The third-order valence-electron chi connectivity index (χ3n) is 5.55. The molecule has 0 saturated carbocycles. The Kier molecular flexibility index (Phi) is 8.49. The molecule has 0 aromatic heterocycles. The van der Waals surface area contributed by atoms with Gasteiger partial charge in [0.05, 0.1) is 19.1 Å². The van der Waals surface area contributed by atoms with Crippen molar-refractivity contribution < 1.29 is 23.9 Å². The summed E-state index contributed by atoms with van der Waals surface area (Å²) in [5.74, 6) is -0.999. The Morgan fingerprint density at radius 1 is 0.909 bits per heavy atom. The number of ether oxygens (including phenoxy) is 1. The number of carboxylic acid groups (broad SMARTS) is 1. The van der Waals surface area contributed by atoms with Crippen LogP contribution in [0.5, 0.6) is 0 Å². The first-order chi connectivity index (χ1) is 15.3. The molecule has 1 N–H and O–H groups in total. The maximum absolute atomic E-state index is 12.7. The molecule has 2 aromatic carbocycles. The summed E-state index contributed by atoms with van der Waals surface area (Å²) in [4.78, 5) is 25.7. The molecule has 2 aromatic rings. The smallest absolute Gasteiger partial charge is 0.410 e. The molecule has 0 unspecified atom stereocenters. The van der Waals surface area contributed by atoms with Gasteiger partial charge in [0.25, 0.3) is 8.32 Å². The van der Waals surface area contributed by atoms with Crippen LogP contribution in [-0.2, 0) is 14.0 Å². The molecule has 0 aliphatic carbocycles. The van der Waals surface area contributed by atoms with Crippen LogP contribution in [0.3, 0.4) is 0 Å². The van der Waals surface area contributed by atoms with Gasteiger partial charge < -0.3 is 19.2 Å². The number of hydrogen-bond acceptors (Lipinski definition) is 4. The topological polar surface area (TPSA) is 76.1 Å². The standard InChI is InChI=1S/C26H37NO5Si/c1-25(2,3)32-24(30)27(7)20(18-23(28)29)19-31-33(26(4,5)6,21-14-10-8-11-15-21)22-16-12-9-13-17-22/h8-17,20H,18-19H2,1-7H3,(H,28,29)/t20-/m0/s1. The molecule has 0 saturated heterocycles. The minimum atomic E-state index is -2.86. The second-order valence-electron chi connectivity index (χ2n) is 10.3. The van der Waals surface area contributed by atoms with Crippen molar-refractivity contribution in [1.82, 2.24) is 4.90 Å².